The highest BCUT2D eigenvalue weighted by atomic mass is 15.0. The molecule has 13 rings (SSSR count). The van der Waals surface area contributed by atoms with Crippen molar-refractivity contribution in [2.24, 2.45) is 0 Å². The third-order valence-electron chi connectivity index (χ3n) is 11.4. The highest BCUT2D eigenvalue weighted by Crippen LogP contribution is 2.41. The molecule has 0 spiro atoms. The summed E-state index contributed by atoms with van der Waals surface area (Å²) in [6.07, 6.45) is 0. The minimum absolute atomic E-state index is 0.145. The van der Waals surface area contributed by atoms with E-state index >= 15 is 0 Å². The highest BCUT2D eigenvalue weighted by Gasteiger charge is 2.19. The summed E-state index contributed by atoms with van der Waals surface area (Å²) >= 11 is 0. The average molecular weight is 823 g/mol. The average Bonchev–Trinajstić information content (AvgIpc) is 1.58. The van der Waals surface area contributed by atoms with E-state index in [-0.39, 0.29) is 43.6 Å². The Balaban J connectivity index is 1.16. The Morgan fingerprint density at radius 3 is 1.30 bits per heavy atom. The number of para-hydroxylation sites is 4. The normalized spacial score (nSPS) is 16.5. The van der Waals surface area contributed by atoms with E-state index in [9.17, 15) is 20.6 Å². The van der Waals surface area contributed by atoms with Gasteiger partial charge in [-0.2, -0.15) is 0 Å². The van der Waals surface area contributed by atoms with Gasteiger partial charge in [0.15, 0.2) is 0 Å². The van der Waals surface area contributed by atoms with Crippen LogP contribution >= 0.6 is 0 Å². The second-order valence-corrected chi connectivity index (χ2v) is 14.9. The van der Waals surface area contributed by atoms with E-state index in [0.29, 0.717) is 22.5 Å². The predicted molar refractivity (Wildman–Crippen MR) is 266 cm³/mol. The molecule has 0 aliphatic heterocycles. The van der Waals surface area contributed by atoms with Gasteiger partial charge < -0.3 is 13.7 Å². The number of rotatable bonds is 6. The molecule has 3 aromatic heterocycles. The first-order valence-corrected chi connectivity index (χ1v) is 20.0. The maximum atomic E-state index is 10.1. The first-order chi connectivity index (χ1) is 40.0. The minimum Gasteiger partial charge on any atom is -0.309 e. The van der Waals surface area contributed by atoms with Gasteiger partial charge in [-0.3, -0.25) is 0 Å². The number of hydrogen-bond donors (Lipinski definition) is 0. The Labute approximate surface area is 394 Å². The van der Waals surface area contributed by atoms with Crippen molar-refractivity contribution in [3.8, 4) is 50.4 Å². The van der Waals surface area contributed by atoms with Crippen molar-refractivity contribution < 1.29 is 28.8 Å². The van der Waals surface area contributed by atoms with E-state index in [2.05, 4.69) is 0 Å². The molecular weight excluding hydrogens is 763 g/mol. The smallest absolute Gasteiger partial charge is 0.0652 e. The topological polar surface area (TPSA) is 14.8 Å². The van der Waals surface area contributed by atoms with E-state index in [1.165, 1.54) is 9.13 Å². The standard InChI is InChI=1S/C60H39N3/c1-3-15-40(16-4-1)41-27-31-45(32-28-41)61-55-24-12-9-22-50(55)53-39-46(33-36-59(53)61)62-56-25-13-8-20-48(56)51-37-43(29-34-58(51)62)44-30-35-60-52(38-44)49-21-10-14-26-57(49)63(60)54-23-11-7-19-47(54)42-17-5-2-6-18-42/h1-39H/i8D,9D,10D,12D,13D,14D,20D,21D,22D,24D,25D,26D,29D,30D,33D,34D,35D,36D,37D,38D,39D. The first-order valence-electron chi connectivity index (χ1n) is 30.5. The maximum absolute atomic E-state index is 10.1. The van der Waals surface area contributed by atoms with Crippen LogP contribution in [0.1, 0.15) is 28.8 Å². The van der Waals surface area contributed by atoms with Crippen molar-refractivity contribution in [1.82, 2.24) is 13.7 Å². The van der Waals surface area contributed by atoms with Crippen molar-refractivity contribution in [2.45, 2.75) is 0 Å². The molecule has 0 aliphatic rings. The molecule has 0 saturated carbocycles. The van der Waals surface area contributed by atoms with Crippen LogP contribution in [-0.4, -0.2) is 13.7 Å². The van der Waals surface area contributed by atoms with Crippen LogP contribution in [0.2, 0.25) is 0 Å². The van der Waals surface area contributed by atoms with Crippen LogP contribution in [0.5, 0.6) is 0 Å². The van der Waals surface area contributed by atoms with Gasteiger partial charge in [0.2, 0.25) is 0 Å². The van der Waals surface area contributed by atoms with Crippen LogP contribution in [0.3, 0.4) is 0 Å². The lowest BCUT2D eigenvalue weighted by molar-refractivity contribution is 1.17. The molecule has 0 aliphatic carbocycles. The second kappa shape index (κ2) is 14.1. The van der Waals surface area contributed by atoms with Crippen LogP contribution in [0.15, 0.2) is 236 Å². The summed E-state index contributed by atoms with van der Waals surface area (Å²) in [4.78, 5) is 0. The third-order valence-corrected chi connectivity index (χ3v) is 11.4. The van der Waals surface area contributed by atoms with Crippen LogP contribution in [-0.2, 0) is 0 Å². The van der Waals surface area contributed by atoms with E-state index in [1.807, 2.05) is 48.5 Å². The summed E-state index contributed by atoms with van der Waals surface area (Å²) in [5.74, 6) is 0. The fourth-order valence-corrected chi connectivity index (χ4v) is 8.58. The Bertz CT molecular complexity index is 5130. The minimum atomic E-state index is -0.887. The van der Waals surface area contributed by atoms with Gasteiger partial charge in [-0.25, -0.2) is 0 Å². The van der Waals surface area contributed by atoms with Gasteiger partial charge in [-0.05, 0) is 106 Å². The molecule has 3 heterocycles. The molecular formula is C60H39N3. The molecule has 0 N–H and O–H groups in total. The number of benzene rings is 10. The molecule has 10 aromatic carbocycles. The summed E-state index contributed by atoms with van der Waals surface area (Å²) in [5, 5.41) is -1.93. The Morgan fingerprint density at radius 1 is 0.270 bits per heavy atom. The number of nitrogens with zero attached hydrogens (tertiary/aromatic N) is 3. The van der Waals surface area contributed by atoms with Gasteiger partial charge in [0, 0.05) is 49.3 Å². The van der Waals surface area contributed by atoms with Crippen molar-refractivity contribution in [3.05, 3.63) is 236 Å². The van der Waals surface area contributed by atoms with Gasteiger partial charge in [-0.15, -0.1) is 0 Å². The van der Waals surface area contributed by atoms with E-state index < -0.39 is 166 Å². The van der Waals surface area contributed by atoms with E-state index in [1.54, 1.807) is 60.7 Å². The molecule has 0 amide bonds. The van der Waals surface area contributed by atoms with Gasteiger partial charge in [0.05, 0.1) is 67.6 Å². The van der Waals surface area contributed by atoms with Gasteiger partial charge in [0.25, 0.3) is 0 Å². The Hall–Kier alpha value is -8.40. The Kier molecular flexibility index (Phi) is 4.57. The molecule has 63 heavy (non-hydrogen) atoms. The zero-order valence-corrected chi connectivity index (χ0v) is 32.7. The van der Waals surface area contributed by atoms with Crippen LogP contribution in [0, 0.1) is 0 Å². The Morgan fingerprint density at radius 2 is 0.698 bits per heavy atom. The first kappa shape index (κ1) is 20.4. The van der Waals surface area contributed by atoms with Crippen LogP contribution in [0.25, 0.3) is 116 Å². The zero-order chi connectivity index (χ0) is 59.7. The van der Waals surface area contributed by atoms with Crippen molar-refractivity contribution >= 4 is 65.4 Å². The van der Waals surface area contributed by atoms with Gasteiger partial charge in [0.1, 0.15) is 0 Å². The zero-order valence-electron chi connectivity index (χ0n) is 53.7. The monoisotopic (exact) mass is 822 g/mol. The summed E-state index contributed by atoms with van der Waals surface area (Å²) in [7, 11) is 0. The maximum Gasteiger partial charge on any atom is 0.0652 e. The lowest BCUT2D eigenvalue weighted by atomic mass is 10.0. The molecule has 294 valence electrons. The van der Waals surface area contributed by atoms with Crippen molar-refractivity contribution in [2.75, 3.05) is 0 Å². The molecule has 0 bridgehead atoms. The summed E-state index contributed by atoms with van der Waals surface area (Å²) in [6, 6.07) is 17.3. The number of hydrogen-bond acceptors (Lipinski definition) is 0. The molecule has 0 fully saturated rings. The SMILES string of the molecule is [2H]c1c([2H])c([2H])c2c(c1[2H])c1c([2H])c(-n3c4c([2H])c([2H])c([2H])c([2H])c4c4c([2H])c(-c5c([2H])c([2H])c6c(c5[2H])c5c([2H])c([2H])c([2H])c([2H])c5n6-c5ccccc5-c5ccccc5)c([2H])c([2H])c43)c([2H])c([2H])c1n2-c1ccc(-c2ccccc2)cc1. The van der Waals surface area contributed by atoms with Gasteiger partial charge in [-0.1, -0.05) is 157 Å². The molecule has 13 aromatic rings. The lowest BCUT2D eigenvalue weighted by Gasteiger charge is -2.14. The van der Waals surface area contributed by atoms with E-state index in [0.717, 1.165) is 15.7 Å². The molecule has 3 heteroatoms. The molecule has 0 unspecified atom stereocenters. The summed E-state index contributed by atoms with van der Waals surface area (Å²) in [5.41, 5.74) is -0.0455. The van der Waals surface area contributed by atoms with Crippen molar-refractivity contribution in [3.63, 3.8) is 0 Å². The largest absolute Gasteiger partial charge is 0.309 e. The molecule has 0 atom stereocenters. The van der Waals surface area contributed by atoms with Crippen LogP contribution < -0.4 is 0 Å². The lowest BCUT2D eigenvalue weighted by Crippen LogP contribution is -1.97. The molecule has 3 nitrogen and oxygen atoms in total. The molecule has 0 saturated heterocycles. The fourth-order valence-electron chi connectivity index (χ4n) is 8.58. The fraction of sp³-hybridized carbons (Fsp3) is 0. The van der Waals surface area contributed by atoms with Crippen molar-refractivity contribution in [1.29, 1.82) is 0 Å². The number of aromatic nitrogens is 3. The highest BCUT2D eigenvalue weighted by molar-refractivity contribution is 6.14. The molecule has 0 radical (unpaired) electrons. The summed E-state index contributed by atoms with van der Waals surface area (Å²) < 4.78 is 202. The third kappa shape index (κ3) is 5.53. The van der Waals surface area contributed by atoms with Gasteiger partial charge >= 0.3 is 0 Å². The van der Waals surface area contributed by atoms with Crippen LogP contribution in [0.4, 0.5) is 0 Å². The number of fused-ring (bicyclic) bond motifs is 9. The quantitative estimate of drug-likeness (QED) is 0.159. The second-order valence-electron chi connectivity index (χ2n) is 14.9. The van der Waals surface area contributed by atoms with E-state index in [4.69, 9.17) is 8.22 Å². The summed E-state index contributed by atoms with van der Waals surface area (Å²) in [6.45, 7) is 0. The predicted octanol–water partition coefficient (Wildman–Crippen LogP) is 16.0.